The summed E-state index contributed by atoms with van der Waals surface area (Å²) in [7, 11) is 1.12. The first-order valence-corrected chi connectivity index (χ1v) is 12.4. The zero-order chi connectivity index (χ0) is 26.9. The summed E-state index contributed by atoms with van der Waals surface area (Å²) in [6, 6.07) is 0.521. The van der Waals surface area contributed by atoms with Gasteiger partial charge in [-0.15, -0.1) is 0 Å². The Morgan fingerprint density at radius 3 is 2.54 bits per heavy atom. The Labute approximate surface area is 212 Å². The van der Waals surface area contributed by atoms with E-state index in [0.717, 1.165) is 26.0 Å². The maximum atomic E-state index is 15.6. The van der Waals surface area contributed by atoms with Crippen molar-refractivity contribution in [3.8, 4) is 5.75 Å². The van der Waals surface area contributed by atoms with E-state index in [1.165, 1.54) is 4.57 Å². The highest BCUT2D eigenvalue weighted by Crippen LogP contribution is 2.50. The fourth-order valence-corrected chi connectivity index (χ4v) is 5.53. The van der Waals surface area contributed by atoms with E-state index < -0.39 is 46.4 Å². The average Bonchev–Trinajstić information content (AvgIpc) is 3.42. The topological polar surface area (TPSA) is 99.1 Å². The molecule has 3 heterocycles. The second-order valence-electron chi connectivity index (χ2n) is 11.2. The van der Waals surface area contributed by atoms with Crippen molar-refractivity contribution < 1.29 is 32.6 Å². The summed E-state index contributed by atoms with van der Waals surface area (Å²) in [6.45, 7) is 7.92. The molecular formula is C26H31F2N3O6. The van der Waals surface area contributed by atoms with Gasteiger partial charge in [-0.1, -0.05) is 0 Å². The molecule has 2 aromatic rings. The van der Waals surface area contributed by atoms with E-state index in [4.69, 9.17) is 9.47 Å². The number of nitrogens with one attached hydrogen (secondary N) is 1. The van der Waals surface area contributed by atoms with Crippen LogP contribution in [0, 0.1) is 17.6 Å². The summed E-state index contributed by atoms with van der Waals surface area (Å²) in [4.78, 5) is 39.5. The molecule has 3 aliphatic rings. The number of hydrogen-bond acceptors (Lipinski definition) is 7. The van der Waals surface area contributed by atoms with Gasteiger partial charge < -0.3 is 24.4 Å². The molecule has 37 heavy (non-hydrogen) atoms. The van der Waals surface area contributed by atoms with Crippen molar-refractivity contribution in [2.75, 3.05) is 31.7 Å². The van der Waals surface area contributed by atoms with Crippen molar-refractivity contribution in [3.63, 3.8) is 0 Å². The minimum atomic E-state index is -1.16. The van der Waals surface area contributed by atoms with Gasteiger partial charge in [0.15, 0.2) is 17.4 Å². The number of ether oxygens (including phenoxy) is 3. The predicted molar refractivity (Wildman–Crippen MR) is 131 cm³/mol. The number of pyridine rings is 1. The molecule has 11 heteroatoms. The van der Waals surface area contributed by atoms with Crippen molar-refractivity contribution in [2.24, 2.45) is 5.92 Å². The summed E-state index contributed by atoms with van der Waals surface area (Å²) in [5.41, 5.74) is -2.04. The van der Waals surface area contributed by atoms with Gasteiger partial charge >= 0.3 is 12.1 Å². The lowest BCUT2D eigenvalue weighted by atomic mass is 9.96. The number of carbonyl (C=O) groups excluding carboxylic acids is 2. The second-order valence-corrected chi connectivity index (χ2v) is 11.2. The van der Waals surface area contributed by atoms with E-state index in [1.807, 2.05) is 0 Å². The van der Waals surface area contributed by atoms with Crippen LogP contribution in [0.3, 0.4) is 0 Å². The fraction of sp³-hybridized carbons (Fsp3) is 0.577. The highest BCUT2D eigenvalue weighted by Gasteiger charge is 2.53. The SMILES string of the molecule is COC(=O)c1cc2c(F)c(F)c(N3CC[C@@H](C4(NC(=O)OC(C)(C)C)CC4)C3)c3c2n(c1=O)[C@@H](C)CO3. The smallest absolute Gasteiger partial charge is 0.408 e. The molecule has 1 saturated heterocycles. The summed E-state index contributed by atoms with van der Waals surface area (Å²) in [5, 5.41) is 2.78. The zero-order valence-corrected chi connectivity index (χ0v) is 21.6. The van der Waals surface area contributed by atoms with Gasteiger partial charge in [-0.2, -0.15) is 0 Å². The summed E-state index contributed by atoms with van der Waals surface area (Å²) in [6.07, 6.45) is 1.70. The molecule has 2 fully saturated rings. The number of rotatable bonds is 4. The molecule has 1 N–H and O–H groups in total. The highest BCUT2D eigenvalue weighted by atomic mass is 19.2. The van der Waals surface area contributed by atoms with Crippen LogP contribution in [-0.2, 0) is 9.47 Å². The molecule has 200 valence electrons. The van der Waals surface area contributed by atoms with E-state index in [1.54, 1.807) is 32.6 Å². The molecule has 1 aliphatic carbocycles. The van der Waals surface area contributed by atoms with E-state index in [9.17, 15) is 14.4 Å². The maximum absolute atomic E-state index is 15.6. The Hall–Kier alpha value is -3.37. The number of benzene rings is 1. The largest absolute Gasteiger partial charge is 0.487 e. The van der Waals surface area contributed by atoms with Crippen LogP contribution >= 0.6 is 0 Å². The lowest BCUT2D eigenvalue weighted by Gasteiger charge is -2.32. The van der Waals surface area contributed by atoms with Crippen LogP contribution in [-0.4, -0.2) is 54.6 Å². The van der Waals surface area contributed by atoms with Gasteiger partial charge in [0.1, 0.15) is 23.5 Å². The molecule has 0 unspecified atom stereocenters. The van der Waals surface area contributed by atoms with Crippen LogP contribution < -0.4 is 20.5 Å². The van der Waals surface area contributed by atoms with Gasteiger partial charge in [-0.3, -0.25) is 9.36 Å². The Morgan fingerprint density at radius 2 is 1.92 bits per heavy atom. The molecule has 2 atom stereocenters. The first-order valence-electron chi connectivity index (χ1n) is 12.4. The third-order valence-electron chi connectivity index (χ3n) is 7.44. The Morgan fingerprint density at radius 1 is 1.22 bits per heavy atom. The highest BCUT2D eigenvalue weighted by molar-refractivity contribution is 5.98. The Balaban J connectivity index is 1.53. The standard InChI is InChI=1S/C26H31F2N3O6/c1-13-12-36-21-19-15(10-16(23(33)35-5)22(32)31(13)19)17(27)18(28)20(21)30-9-6-14(11-30)26(7-8-26)29-24(34)37-25(2,3)4/h10,13-14H,6-9,11-12H2,1-5H3,(H,29,34)/t13-,14+/m0/s1. The van der Waals surface area contributed by atoms with Crippen molar-refractivity contribution in [3.05, 3.63) is 33.6 Å². The Kier molecular flexibility index (Phi) is 5.87. The molecule has 1 saturated carbocycles. The number of nitrogens with zero attached hydrogens (tertiary/aromatic N) is 2. The molecule has 1 aromatic heterocycles. The van der Waals surface area contributed by atoms with Gasteiger partial charge in [-0.25, -0.2) is 18.4 Å². The van der Waals surface area contributed by atoms with Gasteiger partial charge in [-0.05, 0) is 53.0 Å². The molecule has 0 spiro atoms. The molecule has 9 nitrogen and oxygen atoms in total. The van der Waals surface area contributed by atoms with Crippen LogP contribution in [0.25, 0.3) is 10.9 Å². The maximum Gasteiger partial charge on any atom is 0.408 e. The lowest BCUT2D eigenvalue weighted by Crippen LogP contribution is -2.46. The minimum absolute atomic E-state index is 0.00298. The molecule has 0 radical (unpaired) electrons. The minimum Gasteiger partial charge on any atom is -0.487 e. The summed E-state index contributed by atoms with van der Waals surface area (Å²) < 4.78 is 48.5. The van der Waals surface area contributed by atoms with Crippen LogP contribution in [0.5, 0.6) is 5.75 Å². The number of carbonyl (C=O) groups is 2. The molecule has 2 aliphatic heterocycles. The summed E-state index contributed by atoms with van der Waals surface area (Å²) >= 11 is 0. The molecule has 0 bridgehead atoms. The normalized spacial score (nSPS) is 22.0. The number of methoxy groups -OCH3 is 1. The van der Waals surface area contributed by atoms with Crippen molar-refractivity contribution >= 4 is 28.7 Å². The first kappa shape index (κ1) is 25.3. The van der Waals surface area contributed by atoms with Gasteiger partial charge in [0.25, 0.3) is 5.56 Å². The first-order chi connectivity index (χ1) is 17.4. The average molecular weight is 520 g/mol. The predicted octanol–water partition coefficient (Wildman–Crippen LogP) is 3.90. The van der Waals surface area contributed by atoms with E-state index in [0.29, 0.717) is 19.5 Å². The van der Waals surface area contributed by atoms with Crippen molar-refractivity contribution in [1.82, 2.24) is 9.88 Å². The van der Waals surface area contributed by atoms with E-state index in [-0.39, 0.29) is 40.4 Å². The zero-order valence-electron chi connectivity index (χ0n) is 21.6. The quantitative estimate of drug-likeness (QED) is 0.612. The number of halogens is 2. The molecule has 1 amide bonds. The van der Waals surface area contributed by atoms with E-state index in [2.05, 4.69) is 10.1 Å². The lowest BCUT2D eigenvalue weighted by molar-refractivity contribution is 0.0476. The number of amides is 1. The van der Waals surface area contributed by atoms with E-state index >= 15 is 8.78 Å². The van der Waals surface area contributed by atoms with Gasteiger partial charge in [0.2, 0.25) is 0 Å². The van der Waals surface area contributed by atoms with Crippen molar-refractivity contribution in [1.29, 1.82) is 0 Å². The molecular weight excluding hydrogens is 488 g/mol. The number of hydrogen-bond donors (Lipinski definition) is 1. The number of aromatic nitrogens is 1. The number of esters is 1. The molecule has 1 aromatic carbocycles. The third-order valence-corrected chi connectivity index (χ3v) is 7.44. The van der Waals surface area contributed by atoms with Gasteiger partial charge in [0.05, 0.1) is 18.7 Å². The fourth-order valence-electron chi connectivity index (χ4n) is 5.53. The second kappa shape index (κ2) is 8.59. The van der Waals surface area contributed by atoms with Gasteiger partial charge in [0, 0.05) is 29.9 Å². The number of anilines is 1. The van der Waals surface area contributed by atoms with Crippen LogP contribution in [0.1, 0.15) is 63.4 Å². The molecule has 5 rings (SSSR count). The number of alkyl carbamates (subject to hydrolysis) is 1. The summed E-state index contributed by atoms with van der Waals surface area (Å²) in [5.74, 6) is -3.12. The van der Waals surface area contributed by atoms with Crippen molar-refractivity contribution in [2.45, 2.75) is 64.1 Å². The monoisotopic (exact) mass is 519 g/mol. The third kappa shape index (κ3) is 4.18. The van der Waals surface area contributed by atoms with Crippen LogP contribution in [0.2, 0.25) is 0 Å². The van der Waals surface area contributed by atoms with Crippen LogP contribution in [0.15, 0.2) is 10.9 Å². The Bertz CT molecular complexity index is 1360. The van der Waals surface area contributed by atoms with Crippen LogP contribution in [0.4, 0.5) is 19.3 Å².